The van der Waals surface area contributed by atoms with E-state index < -0.39 is 11.5 Å². The largest absolute Gasteiger partial charge is 0.465 e. The van der Waals surface area contributed by atoms with Crippen molar-refractivity contribution in [1.29, 1.82) is 0 Å². The van der Waals surface area contributed by atoms with Gasteiger partial charge in [-0.3, -0.25) is 4.79 Å². The lowest BCUT2D eigenvalue weighted by molar-refractivity contribution is -0.159. The van der Waals surface area contributed by atoms with Crippen molar-refractivity contribution in [2.45, 2.75) is 32.0 Å². The van der Waals surface area contributed by atoms with E-state index in [2.05, 4.69) is 0 Å². The normalized spacial score (nSPS) is 42.3. The molecule has 1 saturated heterocycles. The van der Waals surface area contributed by atoms with Gasteiger partial charge in [-0.05, 0) is 19.8 Å². The minimum atomic E-state index is -0.542. The third-order valence-electron chi connectivity index (χ3n) is 2.90. The average molecular weight is 186 g/mol. The molecule has 2 rings (SSSR count). The second-order valence-corrected chi connectivity index (χ2v) is 3.83. The average Bonchev–Trinajstić information content (AvgIpc) is 2.62. The van der Waals surface area contributed by atoms with Crippen LogP contribution >= 0.6 is 0 Å². The molecular weight excluding hydrogens is 172 g/mol. The van der Waals surface area contributed by atoms with E-state index in [0.717, 1.165) is 0 Å². The van der Waals surface area contributed by atoms with Crippen molar-refractivity contribution in [3.63, 3.8) is 0 Å². The number of carbonyl (C=O) groups excluding carboxylic acids is 1. The SMILES string of the molecule is CCOC(=O)C12COC(C1)C(O)C2. The van der Waals surface area contributed by atoms with Gasteiger partial charge in [-0.15, -0.1) is 0 Å². The number of hydrogen-bond acceptors (Lipinski definition) is 4. The number of aliphatic hydroxyl groups is 1. The van der Waals surface area contributed by atoms with Crippen LogP contribution < -0.4 is 0 Å². The van der Waals surface area contributed by atoms with Crippen LogP contribution in [0.2, 0.25) is 0 Å². The molecule has 0 aromatic carbocycles. The molecule has 0 aromatic rings. The molecule has 1 aliphatic heterocycles. The lowest BCUT2D eigenvalue weighted by atomic mass is 9.88. The van der Waals surface area contributed by atoms with E-state index >= 15 is 0 Å². The molecule has 0 amide bonds. The quantitative estimate of drug-likeness (QED) is 0.621. The maximum atomic E-state index is 11.6. The number of ether oxygens (including phenoxy) is 2. The van der Waals surface area contributed by atoms with E-state index in [4.69, 9.17) is 9.47 Å². The molecule has 2 bridgehead atoms. The van der Waals surface area contributed by atoms with Crippen molar-refractivity contribution in [2.24, 2.45) is 5.41 Å². The second-order valence-electron chi connectivity index (χ2n) is 3.83. The molecule has 0 spiro atoms. The molecule has 2 aliphatic rings. The number of fused-ring (bicyclic) bond motifs is 2. The number of esters is 1. The van der Waals surface area contributed by atoms with Crippen LogP contribution in [0.25, 0.3) is 0 Å². The van der Waals surface area contributed by atoms with Crippen LogP contribution in [-0.2, 0) is 14.3 Å². The first-order valence-electron chi connectivity index (χ1n) is 4.65. The van der Waals surface area contributed by atoms with Crippen LogP contribution in [0, 0.1) is 5.41 Å². The predicted molar refractivity (Wildman–Crippen MR) is 44.0 cm³/mol. The van der Waals surface area contributed by atoms with Gasteiger partial charge in [-0.2, -0.15) is 0 Å². The second kappa shape index (κ2) is 2.96. The third-order valence-corrected chi connectivity index (χ3v) is 2.90. The predicted octanol–water partition coefficient (Wildman–Crippen LogP) is 0.0894. The van der Waals surface area contributed by atoms with Gasteiger partial charge in [0, 0.05) is 0 Å². The monoisotopic (exact) mass is 186 g/mol. The smallest absolute Gasteiger partial charge is 0.314 e. The van der Waals surface area contributed by atoms with Gasteiger partial charge in [0.25, 0.3) is 0 Å². The highest BCUT2D eigenvalue weighted by Crippen LogP contribution is 2.46. The molecule has 4 nitrogen and oxygen atoms in total. The first-order chi connectivity index (χ1) is 6.18. The van der Waals surface area contributed by atoms with Gasteiger partial charge < -0.3 is 14.6 Å². The van der Waals surface area contributed by atoms with Gasteiger partial charge in [0.15, 0.2) is 0 Å². The Balaban J connectivity index is 2.09. The highest BCUT2D eigenvalue weighted by molar-refractivity contribution is 5.78. The van der Waals surface area contributed by atoms with Crippen molar-refractivity contribution in [1.82, 2.24) is 0 Å². The Bertz CT molecular complexity index is 224. The van der Waals surface area contributed by atoms with Gasteiger partial charge in [0.1, 0.15) is 0 Å². The Kier molecular flexibility index (Phi) is 2.04. The van der Waals surface area contributed by atoms with E-state index in [0.29, 0.717) is 26.1 Å². The molecule has 1 saturated carbocycles. The molecule has 4 heteroatoms. The Morgan fingerprint density at radius 3 is 2.92 bits per heavy atom. The van der Waals surface area contributed by atoms with E-state index in [1.165, 1.54) is 0 Å². The minimum absolute atomic E-state index is 0.149. The molecule has 1 heterocycles. The zero-order chi connectivity index (χ0) is 9.47. The van der Waals surface area contributed by atoms with Gasteiger partial charge in [-0.25, -0.2) is 0 Å². The number of carbonyl (C=O) groups is 1. The van der Waals surface area contributed by atoms with Crippen molar-refractivity contribution in [3.05, 3.63) is 0 Å². The summed E-state index contributed by atoms with van der Waals surface area (Å²) in [5.41, 5.74) is -0.542. The molecule has 3 unspecified atom stereocenters. The van der Waals surface area contributed by atoms with Crippen LogP contribution in [0.3, 0.4) is 0 Å². The fraction of sp³-hybridized carbons (Fsp3) is 0.889. The number of aliphatic hydroxyl groups excluding tert-OH is 1. The first kappa shape index (κ1) is 8.97. The Morgan fingerprint density at radius 2 is 2.46 bits per heavy atom. The van der Waals surface area contributed by atoms with Crippen LogP contribution in [0.4, 0.5) is 0 Å². The molecular formula is C9H14O4. The summed E-state index contributed by atoms with van der Waals surface area (Å²) in [7, 11) is 0. The number of rotatable bonds is 2. The summed E-state index contributed by atoms with van der Waals surface area (Å²) < 4.78 is 10.2. The maximum absolute atomic E-state index is 11.6. The summed E-state index contributed by atoms with van der Waals surface area (Å²) in [6, 6.07) is 0. The maximum Gasteiger partial charge on any atom is 0.314 e. The van der Waals surface area contributed by atoms with Gasteiger partial charge in [-0.1, -0.05) is 0 Å². The molecule has 0 aromatic heterocycles. The summed E-state index contributed by atoms with van der Waals surface area (Å²) >= 11 is 0. The van der Waals surface area contributed by atoms with Gasteiger partial charge >= 0.3 is 5.97 Å². The highest BCUT2D eigenvalue weighted by Gasteiger charge is 2.56. The Hall–Kier alpha value is -0.610. The Labute approximate surface area is 76.8 Å². The molecule has 1 aliphatic carbocycles. The first-order valence-corrected chi connectivity index (χ1v) is 4.65. The summed E-state index contributed by atoms with van der Waals surface area (Å²) in [5.74, 6) is -0.214. The van der Waals surface area contributed by atoms with Crippen LogP contribution in [0.5, 0.6) is 0 Å². The summed E-state index contributed by atoms with van der Waals surface area (Å²) in [4.78, 5) is 11.6. The van der Waals surface area contributed by atoms with Gasteiger partial charge in [0.2, 0.25) is 0 Å². The molecule has 2 fully saturated rings. The van der Waals surface area contributed by atoms with Crippen LogP contribution in [-0.4, -0.2) is 36.5 Å². The van der Waals surface area contributed by atoms with E-state index in [1.54, 1.807) is 6.92 Å². The topological polar surface area (TPSA) is 55.8 Å². The minimum Gasteiger partial charge on any atom is -0.465 e. The van der Waals surface area contributed by atoms with Crippen molar-refractivity contribution in [2.75, 3.05) is 13.2 Å². The van der Waals surface area contributed by atoms with E-state index in [1.807, 2.05) is 0 Å². The fourth-order valence-corrected chi connectivity index (χ4v) is 2.20. The van der Waals surface area contributed by atoms with Gasteiger partial charge in [0.05, 0.1) is 30.8 Å². The van der Waals surface area contributed by atoms with Crippen molar-refractivity contribution < 1.29 is 19.4 Å². The Morgan fingerprint density at radius 1 is 1.69 bits per heavy atom. The third kappa shape index (κ3) is 1.25. The van der Waals surface area contributed by atoms with Crippen molar-refractivity contribution in [3.8, 4) is 0 Å². The molecule has 0 radical (unpaired) electrons. The number of hydrogen-bond donors (Lipinski definition) is 1. The molecule has 3 atom stereocenters. The van der Waals surface area contributed by atoms with Crippen LogP contribution in [0.15, 0.2) is 0 Å². The lowest BCUT2D eigenvalue weighted by Gasteiger charge is -2.25. The molecule has 74 valence electrons. The lowest BCUT2D eigenvalue weighted by Crippen LogP contribution is -2.36. The zero-order valence-electron chi connectivity index (χ0n) is 7.66. The zero-order valence-corrected chi connectivity index (χ0v) is 7.66. The van der Waals surface area contributed by atoms with Crippen LogP contribution in [0.1, 0.15) is 19.8 Å². The van der Waals surface area contributed by atoms with E-state index in [9.17, 15) is 9.90 Å². The van der Waals surface area contributed by atoms with E-state index in [-0.39, 0.29) is 12.1 Å². The fourth-order valence-electron chi connectivity index (χ4n) is 2.20. The standard InChI is InChI=1S/C9H14O4/c1-2-12-8(11)9-3-6(10)7(4-9)13-5-9/h6-7,10H,2-5H2,1H3. The summed E-state index contributed by atoms with van der Waals surface area (Å²) in [6.07, 6.45) is 0.478. The molecule has 13 heavy (non-hydrogen) atoms. The molecule has 1 N–H and O–H groups in total. The summed E-state index contributed by atoms with van der Waals surface area (Å²) in [6.45, 7) is 2.59. The van der Waals surface area contributed by atoms with Crippen molar-refractivity contribution >= 4 is 5.97 Å². The highest BCUT2D eigenvalue weighted by atomic mass is 16.5. The summed E-state index contributed by atoms with van der Waals surface area (Å²) in [5, 5.41) is 9.47.